The van der Waals surface area contributed by atoms with E-state index >= 15 is 0 Å². The maximum absolute atomic E-state index is 12.2. The highest BCUT2D eigenvalue weighted by Gasteiger charge is 2.27. The van der Waals surface area contributed by atoms with Gasteiger partial charge in [0.25, 0.3) is 0 Å². The fourth-order valence-corrected chi connectivity index (χ4v) is 3.73. The Balaban J connectivity index is 1.69. The number of hydrogen-bond acceptors (Lipinski definition) is 4. The van der Waals surface area contributed by atoms with Gasteiger partial charge in [0.1, 0.15) is 6.61 Å². The molecule has 152 valence electrons. The van der Waals surface area contributed by atoms with E-state index in [0.717, 1.165) is 17.9 Å². The number of methoxy groups -OCH3 is 1. The summed E-state index contributed by atoms with van der Waals surface area (Å²) in [5, 5.41) is 0. The van der Waals surface area contributed by atoms with Gasteiger partial charge in [-0.3, -0.25) is 4.79 Å². The molecule has 0 amide bonds. The van der Waals surface area contributed by atoms with Gasteiger partial charge in [0.15, 0.2) is 0 Å². The third-order valence-corrected chi connectivity index (χ3v) is 5.53. The van der Waals surface area contributed by atoms with Gasteiger partial charge in [0.05, 0.1) is 19.8 Å². The third-order valence-electron chi connectivity index (χ3n) is 5.53. The molecule has 0 N–H and O–H groups in total. The van der Waals surface area contributed by atoms with Crippen LogP contribution < -0.4 is 0 Å². The van der Waals surface area contributed by atoms with Crippen LogP contribution >= 0.6 is 0 Å². The van der Waals surface area contributed by atoms with Crippen LogP contribution in [0.5, 0.6) is 0 Å². The minimum Gasteiger partial charge on any atom is -0.465 e. The van der Waals surface area contributed by atoms with E-state index in [0.29, 0.717) is 38.8 Å². The Labute approximate surface area is 164 Å². The molecule has 0 spiro atoms. The van der Waals surface area contributed by atoms with Gasteiger partial charge in [-0.05, 0) is 23.8 Å². The molecule has 27 heavy (non-hydrogen) atoms. The summed E-state index contributed by atoms with van der Waals surface area (Å²) in [6, 6.07) is 10.1. The molecule has 0 saturated heterocycles. The van der Waals surface area contributed by atoms with Crippen molar-refractivity contribution in [2.75, 3.05) is 26.9 Å². The van der Waals surface area contributed by atoms with Gasteiger partial charge in [-0.15, -0.1) is 0 Å². The van der Waals surface area contributed by atoms with E-state index < -0.39 is 0 Å². The van der Waals surface area contributed by atoms with Crippen molar-refractivity contribution in [3.63, 3.8) is 0 Å². The number of hydrogen-bond donors (Lipinski definition) is 0. The van der Waals surface area contributed by atoms with Crippen molar-refractivity contribution < 1.29 is 19.0 Å². The van der Waals surface area contributed by atoms with E-state index in [1.807, 2.05) is 37.3 Å². The van der Waals surface area contributed by atoms with E-state index in [1.54, 1.807) is 7.11 Å². The van der Waals surface area contributed by atoms with Crippen molar-refractivity contribution >= 4 is 5.97 Å². The molecular weight excluding hydrogens is 340 g/mol. The fraction of sp³-hybridized carbons (Fsp3) is 0.696. The van der Waals surface area contributed by atoms with Gasteiger partial charge in [0, 0.05) is 18.9 Å². The van der Waals surface area contributed by atoms with Crippen LogP contribution in [0, 0.1) is 17.3 Å². The van der Waals surface area contributed by atoms with Crippen molar-refractivity contribution in [1.82, 2.24) is 0 Å². The lowest BCUT2D eigenvalue weighted by atomic mass is 9.81. The Morgan fingerprint density at radius 3 is 2.44 bits per heavy atom. The van der Waals surface area contributed by atoms with Crippen LogP contribution in [0.1, 0.15) is 57.9 Å². The summed E-state index contributed by atoms with van der Waals surface area (Å²) >= 11 is 0. The van der Waals surface area contributed by atoms with Gasteiger partial charge < -0.3 is 14.2 Å². The first-order chi connectivity index (χ1) is 13.0. The second-order valence-electron chi connectivity index (χ2n) is 8.55. The number of carbonyl (C=O) groups is 1. The van der Waals surface area contributed by atoms with Crippen LogP contribution in [0.2, 0.25) is 0 Å². The van der Waals surface area contributed by atoms with Crippen LogP contribution in [-0.2, 0) is 25.6 Å². The fourth-order valence-electron chi connectivity index (χ4n) is 3.73. The summed E-state index contributed by atoms with van der Waals surface area (Å²) in [6.07, 6.45) is 6.57. The predicted octanol–water partition coefficient (Wildman–Crippen LogP) is 5.01. The predicted molar refractivity (Wildman–Crippen MR) is 107 cm³/mol. The molecule has 0 aliphatic heterocycles. The van der Waals surface area contributed by atoms with Crippen molar-refractivity contribution in [2.45, 2.75) is 59.0 Å². The molecule has 2 rings (SSSR count). The highest BCUT2D eigenvalue weighted by Crippen LogP contribution is 2.31. The summed E-state index contributed by atoms with van der Waals surface area (Å²) < 4.78 is 16.8. The summed E-state index contributed by atoms with van der Waals surface area (Å²) in [5.41, 5.74) is 0.801. The molecule has 0 heterocycles. The molecule has 1 fully saturated rings. The SMILES string of the molecule is COCC(C)(COCc1ccccc1)COC(=O)CCC1CCC(C)CC1. The zero-order valence-electron chi connectivity index (χ0n) is 17.2. The second kappa shape index (κ2) is 11.5. The lowest BCUT2D eigenvalue weighted by molar-refractivity contribution is -0.150. The van der Waals surface area contributed by atoms with Crippen LogP contribution in [0.3, 0.4) is 0 Å². The van der Waals surface area contributed by atoms with Gasteiger partial charge in [-0.25, -0.2) is 0 Å². The van der Waals surface area contributed by atoms with Crippen molar-refractivity contribution in [3.8, 4) is 0 Å². The Bertz CT molecular complexity index is 537. The van der Waals surface area contributed by atoms with Crippen LogP contribution in [0.4, 0.5) is 0 Å². The summed E-state index contributed by atoms with van der Waals surface area (Å²) in [7, 11) is 1.67. The maximum atomic E-state index is 12.2. The minimum absolute atomic E-state index is 0.0981. The topological polar surface area (TPSA) is 44.8 Å². The van der Waals surface area contributed by atoms with E-state index in [-0.39, 0.29) is 11.4 Å². The van der Waals surface area contributed by atoms with E-state index in [2.05, 4.69) is 6.92 Å². The Hall–Kier alpha value is -1.39. The van der Waals surface area contributed by atoms with Crippen LogP contribution in [0.25, 0.3) is 0 Å². The van der Waals surface area contributed by atoms with Crippen molar-refractivity contribution in [1.29, 1.82) is 0 Å². The summed E-state index contributed by atoms with van der Waals surface area (Å²) in [5.74, 6) is 1.44. The highest BCUT2D eigenvalue weighted by molar-refractivity contribution is 5.69. The molecule has 1 aromatic carbocycles. The quantitative estimate of drug-likeness (QED) is 0.510. The number of carbonyl (C=O) groups excluding carboxylic acids is 1. The summed E-state index contributed by atoms with van der Waals surface area (Å²) in [6.45, 7) is 6.22. The molecule has 0 radical (unpaired) electrons. The van der Waals surface area contributed by atoms with Crippen LogP contribution in [-0.4, -0.2) is 32.9 Å². The molecule has 1 atom stereocenters. The lowest BCUT2D eigenvalue weighted by Gasteiger charge is -2.28. The highest BCUT2D eigenvalue weighted by atomic mass is 16.5. The smallest absolute Gasteiger partial charge is 0.305 e. The zero-order chi connectivity index (χ0) is 19.5. The van der Waals surface area contributed by atoms with Crippen molar-refractivity contribution in [2.24, 2.45) is 17.3 Å². The normalized spacial score (nSPS) is 22.2. The Morgan fingerprint density at radius 2 is 1.78 bits per heavy atom. The molecule has 1 aromatic rings. The number of ether oxygens (including phenoxy) is 3. The Kier molecular flexibility index (Phi) is 9.29. The van der Waals surface area contributed by atoms with Crippen LogP contribution in [0.15, 0.2) is 30.3 Å². The third kappa shape index (κ3) is 8.44. The Morgan fingerprint density at radius 1 is 1.07 bits per heavy atom. The number of benzene rings is 1. The average molecular weight is 377 g/mol. The lowest BCUT2D eigenvalue weighted by Crippen LogP contribution is -2.34. The molecule has 1 saturated carbocycles. The molecule has 0 bridgehead atoms. The van der Waals surface area contributed by atoms with Crippen molar-refractivity contribution in [3.05, 3.63) is 35.9 Å². The first kappa shape index (κ1) is 21.9. The molecule has 4 nitrogen and oxygen atoms in total. The molecule has 1 aliphatic rings. The number of esters is 1. The number of rotatable bonds is 11. The molecule has 1 aliphatic carbocycles. The van der Waals surface area contributed by atoms with Gasteiger partial charge >= 0.3 is 5.97 Å². The van der Waals surface area contributed by atoms with Gasteiger partial charge in [0.2, 0.25) is 0 Å². The first-order valence-corrected chi connectivity index (χ1v) is 10.3. The van der Waals surface area contributed by atoms with E-state index in [9.17, 15) is 4.79 Å². The minimum atomic E-state index is -0.334. The van der Waals surface area contributed by atoms with E-state index in [4.69, 9.17) is 14.2 Å². The molecule has 4 heteroatoms. The largest absolute Gasteiger partial charge is 0.465 e. The second-order valence-corrected chi connectivity index (χ2v) is 8.55. The molecule has 0 aromatic heterocycles. The molecular formula is C23H36O4. The first-order valence-electron chi connectivity index (χ1n) is 10.3. The zero-order valence-corrected chi connectivity index (χ0v) is 17.2. The van der Waals surface area contributed by atoms with Gasteiger partial charge in [-0.2, -0.15) is 0 Å². The molecule has 1 unspecified atom stereocenters. The monoisotopic (exact) mass is 376 g/mol. The average Bonchev–Trinajstić information content (AvgIpc) is 2.67. The van der Waals surface area contributed by atoms with E-state index in [1.165, 1.54) is 25.7 Å². The van der Waals surface area contributed by atoms with Gasteiger partial charge in [-0.1, -0.05) is 69.9 Å². The standard InChI is InChI=1S/C23H36O4/c1-19-9-11-20(12-10-19)13-14-22(24)27-18-23(2,16-25-3)17-26-15-21-7-5-4-6-8-21/h4-8,19-20H,9-18H2,1-3H3. The maximum Gasteiger partial charge on any atom is 0.305 e. The summed E-state index contributed by atoms with van der Waals surface area (Å²) in [4.78, 5) is 12.2.